The van der Waals surface area contributed by atoms with Crippen molar-refractivity contribution in [3.63, 3.8) is 0 Å². The molecule has 5 rings (SSSR count). The molecule has 0 saturated carbocycles. The van der Waals surface area contributed by atoms with Crippen molar-refractivity contribution >= 4 is 51.7 Å². The number of carbonyl (C=O) groups is 2. The third kappa shape index (κ3) is 4.93. The quantitative estimate of drug-likeness (QED) is 0.280. The number of anilines is 1. The van der Waals surface area contributed by atoms with Gasteiger partial charge in [-0.15, -0.1) is 0 Å². The van der Waals surface area contributed by atoms with Crippen LogP contribution in [0.3, 0.4) is 0 Å². The molecule has 0 atom stereocenters. The number of para-hydroxylation sites is 1. The van der Waals surface area contributed by atoms with Gasteiger partial charge in [-0.3, -0.25) is 4.79 Å². The number of nitrogens with one attached hydrogen (secondary N) is 1. The minimum Gasteiger partial charge on any atom is -0.452 e. The van der Waals surface area contributed by atoms with Gasteiger partial charge >= 0.3 is 5.97 Å². The normalized spacial score (nSPS) is 13.9. The highest BCUT2D eigenvalue weighted by Gasteiger charge is 2.26. The topological polar surface area (TPSA) is 81.2 Å². The Morgan fingerprint density at radius 2 is 1.80 bits per heavy atom. The van der Waals surface area contributed by atoms with Crippen molar-refractivity contribution in [2.75, 3.05) is 11.9 Å². The molecule has 1 amide bonds. The molecule has 2 heterocycles. The second-order valence-corrected chi connectivity index (χ2v) is 8.59. The van der Waals surface area contributed by atoms with E-state index in [1.165, 1.54) is 6.20 Å². The Bertz CT molecular complexity index is 1450. The highest BCUT2D eigenvalue weighted by molar-refractivity contribution is 6.32. The van der Waals surface area contributed by atoms with Crippen molar-refractivity contribution < 1.29 is 14.3 Å². The number of pyridine rings is 2. The molecular formula is C28H22ClN3O3. The summed E-state index contributed by atoms with van der Waals surface area (Å²) in [4.78, 5) is 34.6. The van der Waals surface area contributed by atoms with Crippen LogP contribution in [-0.4, -0.2) is 28.5 Å². The molecular weight excluding hydrogens is 462 g/mol. The van der Waals surface area contributed by atoms with E-state index in [4.69, 9.17) is 21.3 Å². The zero-order chi connectivity index (χ0) is 24.2. The molecule has 0 spiro atoms. The predicted molar refractivity (Wildman–Crippen MR) is 137 cm³/mol. The molecule has 0 unspecified atom stereocenters. The van der Waals surface area contributed by atoms with E-state index in [-0.39, 0.29) is 5.15 Å². The summed E-state index contributed by atoms with van der Waals surface area (Å²) in [5.74, 6) is -1.04. The number of rotatable bonds is 5. The third-order valence-electron chi connectivity index (χ3n) is 5.88. The summed E-state index contributed by atoms with van der Waals surface area (Å²) < 4.78 is 5.47. The Balaban J connectivity index is 1.47. The number of aromatic nitrogens is 2. The summed E-state index contributed by atoms with van der Waals surface area (Å²) in [7, 11) is 0. The number of benzene rings is 2. The highest BCUT2D eigenvalue weighted by Crippen LogP contribution is 2.36. The summed E-state index contributed by atoms with van der Waals surface area (Å²) in [6.07, 6.45) is 6.12. The summed E-state index contributed by atoms with van der Waals surface area (Å²) >= 11 is 6.00. The Morgan fingerprint density at radius 3 is 2.63 bits per heavy atom. The average Bonchev–Trinajstić information content (AvgIpc) is 2.88. The van der Waals surface area contributed by atoms with Crippen LogP contribution in [0.1, 0.15) is 40.0 Å². The molecule has 2 aromatic carbocycles. The summed E-state index contributed by atoms with van der Waals surface area (Å²) in [5.41, 5.74) is 5.39. The fourth-order valence-corrected chi connectivity index (χ4v) is 4.49. The molecule has 6 nitrogen and oxygen atoms in total. The number of carbonyl (C=O) groups excluding carboxylic acids is 2. The predicted octanol–water partition coefficient (Wildman–Crippen LogP) is 5.96. The van der Waals surface area contributed by atoms with E-state index in [0.29, 0.717) is 28.6 Å². The molecule has 0 aliphatic heterocycles. The number of allylic oxidation sites excluding steroid dienone is 1. The molecule has 0 fully saturated rings. The fraction of sp³-hybridized carbons (Fsp3) is 0.143. The van der Waals surface area contributed by atoms with Gasteiger partial charge in [-0.1, -0.05) is 60.1 Å². The lowest BCUT2D eigenvalue weighted by atomic mass is 9.86. The van der Waals surface area contributed by atoms with Crippen LogP contribution in [0.15, 0.2) is 72.9 Å². The van der Waals surface area contributed by atoms with Crippen LogP contribution in [-0.2, 0) is 16.0 Å². The molecule has 1 N–H and O–H groups in total. The molecule has 174 valence electrons. The first-order valence-electron chi connectivity index (χ1n) is 11.4. The molecule has 1 aliphatic rings. The second kappa shape index (κ2) is 10.1. The van der Waals surface area contributed by atoms with Crippen LogP contribution in [0, 0.1) is 0 Å². The molecule has 2 aromatic heterocycles. The first kappa shape index (κ1) is 22.7. The maximum absolute atomic E-state index is 13.3. The number of amides is 1. The lowest BCUT2D eigenvalue weighted by molar-refractivity contribution is -0.119. The van der Waals surface area contributed by atoms with Crippen LogP contribution in [0.4, 0.5) is 5.69 Å². The van der Waals surface area contributed by atoms with Gasteiger partial charge in [0.25, 0.3) is 5.91 Å². The van der Waals surface area contributed by atoms with Crippen LogP contribution < -0.4 is 5.32 Å². The maximum Gasteiger partial charge on any atom is 0.339 e. The molecule has 0 saturated heterocycles. The zero-order valence-electron chi connectivity index (χ0n) is 18.8. The number of hydrogen-bond acceptors (Lipinski definition) is 5. The van der Waals surface area contributed by atoms with E-state index in [1.807, 2.05) is 54.6 Å². The number of nitrogens with zero attached hydrogens (tertiary/aromatic N) is 2. The van der Waals surface area contributed by atoms with E-state index in [1.54, 1.807) is 12.1 Å². The molecule has 1 aliphatic carbocycles. The molecule has 0 bridgehead atoms. The largest absolute Gasteiger partial charge is 0.452 e. The van der Waals surface area contributed by atoms with Gasteiger partial charge in [-0.25, -0.2) is 14.8 Å². The maximum atomic E-state index is 13.3. The van der Waals surface area contributed by atoms with Crippen molar-refractivity contribution in [3.05, 3.63) is 100 Å². The zero-order valence-corrected chi connectivity index (χ0v) is 19.6. The molecule has 4 aromatic rings. The van der Waals surface area contributed by atoms with Crippen LogP contribution >= 0.6 is 11.6 Å². The first-order chi connectivity index (χ1) is 17.1. The van der Waals surface area contributed by atoms with E-state index >= 15 is 0 Å². The number of esters is 1. The molecule has 35 heavy (non-hydrogen) atoms. The van der Waals surface area contributed by atoms with E-state index < -0.39 is 18.5 Å². The average molecular weight is 484 g/mol. The van der Waals surface area contributed by atoms with E-state index in [9.17, 15) is 9.59 Å². The standard InChI is InChI=1S/C28H22ClN3O3/c29-27-23(14-7-15-30-27)31-24(33)17-35-28(34)25-20-11-4-5-13-22(20)32-26-19(10-6-12-21(25)26)16-18-8-2-1-3-9-18/h1-5,7-9,11,13-16H,6,10,12,17H2,(H,31,33)/b19-16-. The smallest absolute Gasteiger partial charge is 0.339 e. The van der Waals surface area contributed by atoms with Gasteiger partial charge in [0.2, 0.25) is 0 Å². The Kier molecular flexibility index (Phi) is 6.55. The molecule has 0 radical (unpaired) electrons. The third-order valence-corrected chi connectivity index (χ3v) is 6.18. The van der Waals surface area contributed by atoms with Crippen molar-refractivity contribution in [3.8, 4) is 0 Å². The Labute approximate surface area is 207 Å². The molecule has 7 heteroatoms. The summed E-state index contributed by atoms with van der Waals surface area (Å²) in [5, 5.41) is 3.50. The minimum atomic E-state index is -0.548. The van der Waals surface area contributed by atoms with Gasteiger partial charge in [0.1, 0.15) is 0 Å². The van der Waals surface area contributed by atoms with Crippen LogP contribution in [0.2, 0.25) is 5.15 Å². The van der Waals surface area contributed by atoms with Crippen LogP contribution in [0.5, 0.6) is 0 Å². The number of ether oxygens (including phenoxy) is 1. The van der Waals surface area contributed by atoms with E-state index in [0.717, 1.165) is 35.2 Å². The fourth-order valence-electron chi connectivity index (χ4n) is 4.33. The van der Waals surface area contributed by atoms with Gasteiger partial charge in [0.15, 0.2) is 11.8 Å². The summed E-state index contributed by atoms with van der Waals surface area (Å²) in [6.45, 7) is -0.442. The highest BCUT2D eigenvalue weighted by atomic mass is 35.5. The lowest BCUT2D eigenvalue weighted by Crippen LogP contribution is -2.22. The van der Waals surface area contributed by atoms with Gasteiger partial charge in [-0.05, 0) is 60.2 Å². The number of fused-ring (bicyclic) bond motifs is 2. The second-order valence-electron chi connectivity index (χ2n) is 8.23. The van der Waals surface area contributed by atoms with Gasteiger partial charge in [0.05, 0.1) is 22.5 Å². The van der Waals surface area contributed by atoms with Crippen LogP contribution in [0.25, 0.3) is 22.6 Å². The van der Waals surface area contributed by atoms with Crippen molar-refractivity contribution in [1.82, 2.24) is 9.97 Å². The van der Waals surface area contributed by atoms with Crippen molar-refractivity contribution in [2.45, 2.75) is 19.3 Å². The monoisotopic (exact) mass is 483 g/mol. The Hall–Kier alpha value is -4.03. The van der Waals surface area contributed by atoms with Gasteiger partial charge in [-0.2, -0.15) is 0 Å². The Morgan fingerprint density at radius 1 is 1.00 bits per heavy atom. The van der Waals surface area contributed by atoms with E-state index in [2.05, 4.69) is 16.4 Å². The van der Waals surface area contributed by atoms with Gasteiger partial charge in [0, 0.05) is 11.6 Å². The van der Waals surface area contributed by atoms with Crippen molar-refractivity contribution in [1.29, 1.82) is 0 Å². The number of hydrogen-bond donors (Lipinski definition) is 1. The SMILES string of the molecule is O=C(COC(=O)c1c2c(nc3ccccc13)/C(=C\c1ccccc1)CCC2)Nc1cccnc1Cl. The minimum absolute atomic E-state index is 0.166. The van der Waals surface area contributed by atoms with Gasteiger partial charge < -0.3 is 10.1 Å². The number of halogens is 1. The first-order valence-corrected chi connectivity index (χ1v) is 11.7. The lowest BCUT2D eigenvalue weighted by Gasteiger charge is -2.22. The summed E-state index contributed by atoms with van der Waals surface area (Å²) in [6, 6.07) is 20.9. The van der Waals surface area contributed by atoms with Crippen molar-refractivity contribution in [2.24, 2.45) is 0 Å².